The standard InChI is InChI=1S/C15H15N3O2S/c1-2-4-12-11(3-1)16-14(21-12)9-13-17-15(20-18-13)10-5-7-19-8-6-10/h1-4,10H,5-9H2. The third kappa shape index (κ3) is 2.69. The highest BCUT2D eigenvalue weighted by molar-refractivity contribution is 7.18. The van der Waals surface area contributed by atoms with Crippen molar-refractivity contribution in [2.24, 2.45) is 0 Å². The topological polar surface area (TPSA) is 61.0 Å². The molecule has 1 aliphatic rings. The largest absolute Gasteiger partial charge is 0.381 e. The van der Waals surface area contributed by atoms with Crippen molar-refractivity contribution in [2.75, 3.05) is 13.2 Å². The lowest BCUT2D eigenvalue weighted by Crippen LogP contribution is -2.14. The van der Waals surface area contributed by atoms with Gasteiger partial charge in [0.05, 0.1) is 16.6 Å². The molecule has 0 N–H and O–H groups in total. The molecular formula is C15H15N3O2S. The average Bonchev–Trinajstić information content (AvgIpc) is 3.14. The van der Waals surface area contributed by atoms with E-state index in [0.29, 0.717) is 12.3 Å². The van der Waals surface area contributed by atoms with Gasteiger partial charge in [0.15, 0.2) is 5.82 Å². The minimum absolute atomic E-state index is 0.343. The van der Waals surface area contributed by atoms with Crippen LogP contribution in [0.1, 0.15) is 35.5 Å². The van der Waals surface area contributed by atoms with E-state index in [0.717, 1.165) is 48.3 Å². The van der Waals surface area contributed by atoms with E-state index in [1.54, 1.807) is 11.3 Å². The van der Waals surface area contributed by atoms with E-state index < -0.39 is 0 Å². The van der Waals surface area contributed by atoms with Gasteiger partial charge in [0.2, 0.25) is 5.89 Å². The summed E-state index contributed by atoms with van der Waals surface area (Å²) in [6, 6.07) is 8.14. The quantitative estimate of drug-likeness (QED) is 0.743. The number of hydrogen-bond donors (Lipinski definition) is 0. The fourth-order valence-corrected chi connectivity index (χ4v) is 3.54. The summed E-state index contributed by atoms with van der Waals surface area (Å²) in [6.07, 6.45) is 2.55. The van der Waals surface area contributed by atoms with Crippen LogP contribution < -0.4 is 0 Å². The molecule has 0 amide bonds. The van der Waals surface area contributed by atoms with Gasteiger partial charge in [-0.1, -0.05) is 17.3 Å². The van der Waals surface area contributed by atoms with Gasteiger partial charge in [-0.05, 0) is 25.0 Å². The summed E-state index contributed by atoms with van der Waals surface area (Å²) in [5.41, 5.74) is 1.03. The van der Waals surface area contributed by atoms with E-state index in [1.165, 1.54) is 4.70 Å². The first-order valence-electron chi connectivity index (χ1n) is 7.13. The van der Waals surface area contributed by atoms with Crippen LogP contribution in [-0.4, -0.2) is 28.3 Å². The van der Waals surface area contributed by atoms with Crippen LogP contribution in [0.5, 0.6) is 0 Å². The van der Waals surface area contributed by atoms with E-state index in [2.05, 4.69) is 21.2 Å². The lowest BCUT2D eigenvalue weighted by Gasteiger charge is -2.17. The van der Waals surface area contributed by atoms with Crippen molar-refractivity contribution in [1.29, 1.82) is 0 Å². The zero-order valence-electron chi connectivity index (χ0n) is 11.5. The van der Waals surface area contributed by atoms with E-state index in [9.17, 15) is 0 Å². The van der Waals surface area contributed by atoms with Crippen LogP contribution in [0.25, 0.3) is 10.2 Å². The van der Waals surface area contributed by atoms with Crippen molar-refractivity contribution in [3.63, 3.8) is 0 Å². The van der Waals surface area contributed by atoms with E-state index in [1.807, 2.05) is 18.2 Å². The zero-order valence-corrected chi connectivity index (χ0v) is 12.3. The third-order valence-corrected chi connectivity index (χ3v) is 4.74. The molecule has 0 bridgehead atoms. The number of aromatic nitrogens is 3. The lowest BCUT2D eigenvalue weighted by molar-refractivity contribution is 0.0778. The molecule has 1 aliphatic heterocycles. The van der Waals surface area contributed by atoms with Gasteiger partial charge in [0.25, 0.3) is 0 Å². The maximum Gasteiger partial charge on any atom is 0.229 e. The summed E-state index contributed by atoms with van der Waals surface area (Å²) in [4.78, 5) is 9.14. The van der Waals surface area contributed by atoms with E-state index >= 15 is 0 Å². The number of ether oxygens (including phenoxy) is 1. The number of benzene rings is 1. The Morgan fingerprint density at radius 2 is 2.00 bits per heavy atom. The molecule has 2 aromatic heterocycles. The number of fused-ring (bicyclic) bond motifs is 1. The Balaban J connectivity index is 1.52. The maximum absolute atomic E-state index is 5.41. The molecule has 0 radical (unpaired) electrons. The molecular weight excluding hydrogens is 286 g/mol. The fourth-order valence-electron chi connectivity index (χ4n) is 2.58. The number of thiazole rings is 1. The fraction of sp³-hybridized carbons (Fsp3) is 0.400. The monoisotopic (exact) mass is 301 g/mol. The predicted octanol–water partition coefficient (Wildman–Crippen LogP) is 3.16. The SMILES string of the molecule is c1ccc2sc(Cc3noc(C4CCOCC4)n3)nc2c1. The second kappa shape index (κ2) is 5.54. The zero-order chi connectivity index (χ0) is 14.1. The first kappa shape index (κ1) is 12.9. The van der Waals surface area contributed by atoms with Gasteiger partial charge in [0, 0.05) is 19.1 Å². The third-order valence-electron chi connectivity index (χ3n) is 3.70. The minimum atomic E-state index is 0.343. The smallest absolute Gasteiger partial charge is 0.229 e. The van der Waals surface area contributed by atoms with E-state index in [-0.39, 0.29) is 0 Å². The first-order chi connectivity index (χ1) is 10.4. The molecule has 0 spiro atoms. The molecule has 3 heterocycles. The lowest BCUT2D eigenvalue weighted by atomic mass is 10.0. The maximum atomic E-state index is 5.41. The summed E-state index contributed by atoms with van der Waals surface area (Å²) >= 11 is 1.68. The van der Waals surface area contributed by atoms with Crippen LogP contribution >= 0.6 is 11.3 Å². The summed E-state index contributed by atoms with van der Waals surface area (Å²) < 4.78 is 12.0. The van der Waals surface area contributed by atoms with Crippen LogP contribution in [-0.2, 0) is 11.2 Å². The minimum Gasteiger partial charge on any atom is -0.381 e. The number of para-hydroxylation sites is 1. The molecule has 21 heavy (non-hydrogen) atoms. The molecule has 1 saturated heterocycles. The van der Waals surface area contributed by atoms with Gasteiger partial charge in [-0.3, -0.25) is 0 Å². The highest BCUT2D eigenvalue weighted by Crippen LogP contribution is 2.27. The van der Waals surface area contributed by atoms with Crippen molar-refractivity contribution in [3.8, 4) is 0 Å². The highest BCUT2D eigenvalue weighted by Gasteiger charge is 2.22. The molecule has 0 aliphatic carbocycles. The Morgan fingerprint density at radius 3 is 2.86 bits per heavy atom. The van der Waals surface area contributed by atoms with Crippen LogP contribution in [0, 0.1) is 0 Å². The normalized spacial score (nSPS) is 16.6. The van der Waals surface area contributed by atoms with Crippen LogP contribution in [0.3, 0.4) is 0 Å². The van der Waals surface area contributed by atoms with Crippen molar-refractivity contribution in [2.45, 2.75) is 25.2 Å². The number of hydrogen-bond acceptors (Lipinski definition) is 6. The van der Waals surface area contributed by atoms with Crippen LogP contribution in [0.4, 0.5) is 0 Å². The second-order valence-corrected chi connectivity index (χ2v) is 6.30. The predicted molar refractivity (Wildman–Crippen MR) is 79.5 cm³/mol. The van der Waals surface area contributed by atoms with Crippen molar-refractivity contribution in [3.05, 3.63) is 41.0 Å². The summed E-state index contributed by atoms with van der Waals surface area (Å²) in [5.74, 6) is 1.81. The first-order valence-corrected chi connectivity index (χ1v) is 7.95. The summed E-state index contributed by atoms with van der Waals surface area (Å²) in [6.45, 7) is 1.56. The van der Waals surface area contributed by atoms with Crippen LogP contribution in [0.2, 0.25) is 0 Å². The van der Waals surface area contributed by atoms with Crippen LogP contribution in [0.15, 0.2) is 28.8 Å². The van der Waals surface area contributed by atoms with Crippen molar-refractivity contribution >= 4 is 21.6 Å². The molecule has 4 rings (SSSR count). The Morgan fingerprint density at radius 1 is 1.14 bits per heavy atom. The Kier molecular flexibility index (Phi) is 3.40. The van der Waals surface area contributed by atoms with Gasteiger partial charge in [-0.2, -0.15) is 4.98 Å². The molecule has 6 heteroatoms. The van der Waals surface area contributed by atoms with Gasteiger partial charge < -0.3 is 9.26 Å². The molecule has 108 valence electrons. The summed E-state index contributed by atoms with van der Waals surface area (Å²) in [7, 11) is 0. The number of nitrogens with zero attached hydrogens (tertiary/aromatic N) is 3. The van der Waals surface area contributed by atoms with Gasteiger partial charge in [0.1, 0.15) is 5.01 Å². The van der Waals surface area contributed by atoms with Gasteiger partial charge >= 0.3 is 0 Å². The Labute approximate surface area is 126 Å². The average molecular weight is 301 g/mol. The molecule has 3 aromatic rings. The van der Waals surface area contributed by atoms with Gasteiger partial charge in [-0.15, -0.1) is 11.3 Å². The highest BCUT2D eigenvalue weighted by atomic mass is 32.1. The summed E-state index contributed by atoms with van der Waals surface area (Å²) in [5, 5.41) is 5.12. The van der Waals surface area contributed by atoms with Gasteiger partial charge in [-0.25, -0.2) is 4.98 Å². The number of rotatable bonds is 3. The molecule has 0 unspecified atom stereocenters. The molecule has 0 atom stereocenters. The Hall–Kier alpha value is -1.79. The molecule has 1 aromatic carbocycles. The second-order valence-electron chi connectivity index (χ2n) is 5.19. The van der Waals surface area contributed by atoms with E-state index in [4.69, 9.17) is 9.26 Å². The molecule has 1 fully saturated rings. The Bertz CT molecular complexity index is 713. The molecule has 5 nitrogen and oxygen atoms in total. The van der Waals surface area contributed by atoms with Crippen molar-refractivity contribution in [1.82, 2.24) is 15.1 Å². The molecule has 0 saturated carbocycles. The van der Waals surface area contributed by atoms with Crippen molar-refractivity contribution < 1.29 is 9.26 Å².